The van der Waals surface area contributed by atoms with Crippen molar-refractivity contribution in [1.29, 1.82) is 0 Å². The Morgan fingerprint density at radius 3 is 2.73 bits per heavy atom. The minimum Gasteiger partial charge on any atom is -0.373 e. The van der Waals surface area contributed by atoms with Crippen molar-refractivity contribution >= 4 is 11.6 Å². The topological polar surface area (TPSA) is 38.1 Å². The maximum atomic E-state index is 9.99. The van der Waals surface area contributed by atoms with Crippen LogP contribution >= 0.6 is 11.6 Å². The fraction of sp³-hybridized carbons (Fsp3) is 0.727. The number of hydrogen-bond donors (Lipinski definition) is 1. The Morgan fingerprint density at radius 2 is 2.07 bits per heavy atom. The van der Waals surface area contributed by atoms with Crippen LogP contribution in [-0.2, 0) is 6.42 Å². The van der Waals surface area contributed by atoms with Crippen LogP contribution in [0.5, 0.6) is 0 Å². The molecule has 1 N–H and O–H groups in total. The normalized spacial score (nSPS) is 26.1. The molecule has 3 nitrogen and oxygen atoms in total. The molecule has 0 spiro atoms. The maximum Gasteiger partial charge on any atom is 0.150 e. The van der Waals surface area contributed by atoms with E-state index in [4.69, 9.17) is 11.6 Å². The fourth-order valence-electron chi connectivity index (χ4n) is 2.55. The summed E-state index contributed by atoms with van der Waals surface area (Å²) in [4.78, 5) is 4.43. The van der Waals surface area contributed by atoms with Gasteiger partial charge in [0.05, 0.1) is 5.69 Å². The summed E-state index contributed by atoms with van der Waals surface area (Å²) in [5.74, 6) is 1.55. The van der Waals surface area contributed by atoms with Crippen LogP contribution < -0.4 is 0 Å². The Bertz CT molecular complexity index is 384. The summed E-state index contributed by atoms with van der Waals surface area (Å²) in [7, 11) is 0. The molecule has 0 bridgehead atoms. The molecular formula is C11H15ClN2O. The van der Waals surface area contributed by atoms with Crippen molar-refractivity contribution in [2.75, 3.05) is 0 Å². The van der Waals surface area contributed by atoms with Crippen molar-refractivity contribution in [1.82, 2.24) is 9.55 Å². The van der Waals surface area contributed by atoms with Crippen molar-refractivity contribution in [2.45, 2.75) is 50.7 Å². The lowest BCUT2D eigenvalue weighted by atomic mass is 9.84. The molecule has 3 rings (SSSR count). The maximum absolute atomic E-state index is 9.99. The molecule has 1 aromatic heterocycles. The van der Waals surface area contributed by atoms with E-state index in [2.05, 4.69) is 4.98 Å². The van der Waals surface area contributed by atoms with Gasteiger partial charge in [0.25, 0.3) is 0 Å². The zero-order valence-electron chi connectivity index (χ0n) is 8.62. The monoisotopic (exact) mass is 226 g/mol. The molecule has 0 aromatic carbocycles. The van der Waals surface area contributed by atoms with Gasteiger partial charge in [0.1, 0.15) is 12.1 Å². The highest BCUT2D eigenvalue weighted by molar-refractivity contribution is 6.30. The Labute approximate surface area is 94.1 Å². The van der Waals surface area contributed by atoms with E-state index in [0.717, 1.165) is 30.8 Å². The number of imidazole rings is 1. The van der Waals surface area contributed by atoms with Gasteiger partial charge in [-0.25, -0.2) is 4.98 Å². The van der Waals surface area contributed by atoms with Crippen LogP contribution in [0.15, 0.2) is 0 Å². The summed E-state index contributed by atoms with van der Waals surface area (Å²) < 4.78 is 1.98. The molecule has 15 heavy (non-hydrogen) atoms. The molecule has 1 aliphatic heterocycles. The number of aliphatic hydroxyl groups is 1. The van der Waals surface area contributed by atoms with E-state index in [1.54, 1.807) is 0 Å². The predicted molar refractivity (Wildman–Crippen MR) is 58.0 cm³/mol. The Hall–Kier alpha value is -0.540. The summed E-state index contributed by atoms with van der Waals surface area (Å²) in [6.07, 6.45) is 6.06. The van der Waals surface area contributed by atoms with E-state index in [9.17, 15) is 5.11 Å². The number of aliphatic hydroxyl groups excluding tert-OH is 1. The van der Waals surface area contributed by atoms with Crippen molar-refractivity contribution in [3.05, 3.63) is 16.7 Å². The first-order valence-electron chi connectivity index (χ1n) is 5.72. The smallest absolute Gasteiger partial charge is 0.150 e. The molecule has 1 aromatic rings. The highest BCUT2D eigenvalue weighted by Crippen LogP contribution is 2.40. The van der Waals surface area contributed by atoms with E-state index < -0.39 is 6.23 Å². The highest BCUT2D eigenvalue weighted by Gasteiger charge is 2.31. The van der Waals surface area contributed by atoms with Crippen molar-refractivity contribution in [3.63, 3.8) is 0 Å². The molecule has 0 amide bonds. The standard InChI is InChI=1S/C11H15ClN2O/c12-10-8-5-2-6-9(15)14(8)11(13-10)7-3-1-4-7/h7,9,15H,1-6H2. The molecule has 2 aliphatic rings. The average molecular weight is 227 g/mol. The minimum absolute atomic E-state index is 0.399. The molecular weight excluding hydrogens is 212 g/mol. The second-order valence-corrected chi connectivity index (χ2v) is 4.94. The number of rotatable bonds is 1. The van der Waals surface area contributed by atoms with Gasteiger partial charge in [-0.1, -0.05) is 18.0 Å². The first-order valence-corrected chi connectivity index (χ1v) is 6.09. The third-order valence-electron chi connectivity index (χ3n) is 3.63. The summed E-state index contributed by atoms with van der Waals surface area (Å²) in [5, 5.41) is 10.6. The molecule has 4 heteroatoms. The second-order valence-electron chi connectivity index (χ2n) is 4.58. The molecule has 0 radical (unpaired) electrons. The Kier molecular flexibility index (Phi) is 2.25. The van der Waals surface area contributed by atoms with Crippen LogP contribution in [0.4, 0.5) is 0 Å². The lowest BCUT2D eigenvalue weighted by molar-refractivity contribution is 0.0728. The van der Waals surface area contributed by atoms with Gasteiger partial charge in [0.15, 0.2) is 5.15 Å². The SMILES string of the molecule is OC1CCCc2c(Cl)nc(C3CCC3)n21. The molecule has 82 valence electrons. The number of nitrogens with zero attached hydrogens (tertiary/aromatic N) is 2. The van der Waals surface area contributed by atoms with E-state index in [1.165, 1.54) is 19.3 Å². The van der Waals surface area contributed by atoms with Gasteiger partial charge in [0, 0.05) is 5.92 Å². The van der Waals surface area contributed by atoms with Crippen LogP contribution in [0.1, 0.15) is 55.8 Å². The molecule has 1 unspecified atom stereocenters. The van der Waals surface area contributed by atoms with Gasteiger partial charge in [-0.15, -0.1) is 0 Å². The lowest BCUT2D eigenvalue weighted by Crippen LogP contribution is -2.23. The molecule has 0 saturated heterocycles. The van der Waals surface area contributed by atoms with E-state index in [-0.39, 0.29) is 0 Å². The number of fused-ring (bicyclic) bond motifs is 1. The zero-order valence-corrected chi connectivity index (χ0v) is 9.37. The van der Waals surface area contributed by atoms with Crippen LogP contribution in [0.2, 0.25) is 5.15 Å². The van der Waals surface area contributed by atoms with Crippen LogP contribution in [0.3, 0.4) is 0 Å². The number of halogens is 1. The summed E-state index contributed by atoms with van der Waals surface area (Å²) in [6.45, 7) is 0. The van der Waals surface area contributed by atoms with E-state index >= 15 is 0 Å². The predicted octanol–water partition coefficient (Wildman–Crippen LogP) is 2.63. The molecule has 1 fully saturated rings. The first kappa shape index (κ1) is 9.67. The van der Waals surface area contributed by atoms with Crippen LogP contribution in [0.25, 0.3) is 0 Å². The van der Waals surface area contributed by atoms with E-state index in [1.807, 2.05) is 4.57 Å². The largest absolute Gasteiger partial charge is 0.373 e. The average Bonchev–Trinajstić information content (AvgIpc) is 2.43. The van der Waals surface area contributed by atoms with Crippen LogP contribution in [0, 0.1) is 0 Å². The highest BCUT2D eigenvalue weighted by atomic mass is 35.5. The van der Waals surface area contributed by atoms with Gasteiger partial charge in [-0.3, -0.25) is 0 Å². The van der Waals surface area contributed by atoms with Gasteiger partial charge >= 0.3 is 0 Å². The number of aromatic nitrogens is 2. The Morgan fingerprint density at radius 1 is 1.27 bits per heavy atom. The Balaban J connectivity index is 2.06. The fourth-order valence-corrected chi connectivity index (χ4v) is 2.82. The summed E-state index contributed by atoms with van der Waals surface area (Å²) >= 11 is 6.11. The van der Waals surface area contributed by atoms with Gasteiger partial charge in [-0.05, 0) is 32.1 Å². The van der Waals surface area contributed by atoms with Gasteiger partial charge in [0.2, 0.25) is 0 Å². The zero-order chi connectivity index (χ0) is 10.4. The van der Waals surface area contributed by atoms with Crippen molar-refractivity contribution in [3.8, 4) is 0 Å². The number of hydrogen-bond acceptors (Lipinski definition) is 2. The summed E-state index contributed by atoms with van der Waals surface area (Å²) in [6, 6.07) is 0. The minimum atomic E-state index is -0.399. The lowest BCUT2D eigenvalue weighted by Gasteiger charge is -2.29. The van der Waals surface area contributed by atoms with Crippen LogP contribution in [-0.4, -0.2) is 14.7 Å². The molecule has 1 saturated carbocycles. The quantitative estimate of drug-likeness (QED) is 0.800. The first-order chi connectivity index (χ1) is 7.27. The molecule has 1 atom stereocenters. The second kappa shape index (κ2) is 3.49. The third kappa shape index (κ3) is 1.41. The molecule has 1 aliphatic carbocycles. The van der Waals surface area contributed by atoms with Crippen molar-refractivity contribution in [2.24, 2.45) is 0 Å². The van der Waals surface area contributed by atoms with Crippen molar-refractivity contribution < 1.29 is 5.11 Å². The molecule has 2 heterocycles. The third-order valence-corrected chi connectivity index (χ3v) is 3.94. The van der Waals surface area contributed by atoms with Gasteiger partial charge in [-0.2, -0.15) is 0 Å². The van der Waals surface area contributed by atoms with E-state index in [0.29, 0.717) is 11.1 Å². The van der Waals surface area contributed by atoms with Gasteiger partial charge < -0.3 is 9.67 Å². The summed E-state index contributed by atoms with van der Waals surface area (Å²) in [5.41, 5.74) is 1.04.